The fourth-order valence-corrected chi connectivity index (χ4v) is 11.4. The van der Waals surface area contributed by atoms with Gasteiger partial charge in [0.1, 0.15) is 23.6 Å². The smallest absolute Gasteiger partial charge is 0.354 e. The van der Waals surface area contributed by atoms with Gasteiger partial charge in [0, 0.05) is 71.9 Å². The normalized spacial score (nSPS) is 13.6. The predicted molar refractivity (Wildman–Crippen MR) is 414 cm³/mol. The summed E-state index contributed by atoms with van der Waals surface area (Å²) < 4.78 is 4.73. The van der Waals surface area contributed by atoms with Crippen molar-refractivity contribution >= 4 is 46.1 Å². The van der Waals surface area contributed by atoms with Crippen molar-refractivity contribution in [3.05, 3.63) is 333 Å². The first kappa shape index (κ1) is 75.1. The van der Waals surface area contributed by atoms with Gasteiger partial charge in [-0.1, -0.05) is 84.9 Å². The summed E-state index contributed by atoms with van der Waals surface area (Å²) in [6.07, 6.45) is 16.7. The van der Waals surface area contributed by atoms with Gasteiger partial charge >= 0.3 is 5.97 Å². The number of amidine groups is 1. The lowest BCUT2D eigenvalue weighted by Gasteiger charge is -2.21. The number of anilines is 3. The van der Waals surface area contributed by atoms with Crippen LogP contribution in [0.5, 0.6) is 0 Å². The van der Waals surface area contributed by atoms with Gasteiger partial charge in [0.15, 0.2) is 22.9 Å². The van der Waals surface area contributed by atoms with E-state index in [1.54, 1.807) is 148 Å². The van der Waals surface area contributed by atoms with Crippen LogP contribution in [0.3, 0.4) is 0 Å². The molecule has 6 heterocycles. The molecule has 15 rings (SSSR count). The number of carboxylic acid groups (broad SMARTS) is 1. The number of benzene rings is 6. The molecule has 538 valence electrons. The molecular formula is C84H82N18O5. The number of nitriles is 1. The number of aliphatic hydroxyl groups excluding tert-OH is 2. The van der Waals surface area contributed by atoms with Crippen LogP contribution < -0.4 is 27.4 Å². The number of hydrogen-bond donors (Lipinski definition) is 8. The van der Waals surface area contributed by atoms with Gasteiger partial charge in [0.25, 0.3) is 5.91 Å². The van der Waals surface area contributed by atoms with Crippen molar-refractivity contribution in [3.63, 3.8) is 0 Å². The van der Waals surface area contributed by atoms with E-state index in [-0.39, 0.29) is 17.6 Å². The molecule has 6 aromatic carbocycles. The quantitative estimate of drug-likeness (QED) is 0.0152. The highest BCUT2D eigenvalue weighted by Crippen LogP contribution is 2.33. The van der Waals surface area contributed by atoms with E-state index in [9.17, 15) is 19.8 Å². The number of carboxylic acids is 1. The minimum absolute atomic E-state index is 0.0667. The van der Waals surface area contributed by atoms with Crippen LogP contribution in [-0.4, -0.2) is 97.0 Å². The first-order valence-electron chi connectivity index (χ1n) is 35.1. The Balaban J connectivity index is 0.000000148. The Hall–Kier alpha value is -13.1. The number of aliphatic hydroxyl groups is 2. The Morgan fingerprint density at radius 3 is 1.50 bits per heavy atom. The molecule has 0 radical (unpaired) electrons. The van der Waals surface area contributed by atoms with Crippen molar-refractivity contribution in [1.82, 2.24) is 49.6 Å². The highest BCUT2D eigenvalue weighted by Gasteiger charge is 2.26. The summed E-state index contributed by atoms with van der Waals surface area (Å²) in [5, 5.41) is 62.1. The van der Waals surface area contributed by atoms with E-state index in [4.69, 9.17) is 45.1 Å². The molecular weight excluding hydrogens is 1340 g/mol. The molecule has 3 saturated carbocycles. The van der Waals surface area contributed by atoms with E-state index >= 15 is 0 Å². The van der Waals surface area contributed by atoms with Gasteiger partial charge < -0.3 is 42.7 Å². The number of nitrogens with zero attached hydrogens (tertiary/aromatic N) is 13. The zero-order valence-electron chi connectivity index (χ0n) is 59.5. The lowest BCUT2D eigenvalue weighted by atomic mass is 9.99. The zero-order chi connectivity index (χ0) is 75.2. The molecule has 3 atom stereocenters. The molecule has 0 bridgehead atoms. The summed E-state index contributed by atoms with van der Waals surface area (Å²) in [6.45, 7) is 22.9. The van der Waals surface area contributed by atoms with E-state index < -0.39 is 18.2 Å². The van der Waals surface area contributed by atoms with Gasteiger partial charge in [-0.3, -0.25) is 24.7 Å². The van der Waals surface area contributed by atoms with Gasteiger partial charge in [-0.2, -0.15) is 20.6 Å². The van der Waals surface area contributed by atoms with Crippen molar-refractivity contribution in [2.45, 2.75) is 77.5 Å². The number of hydrogen-bond acceptors (Lipinski definition) is 15. The second kappa shape index (κ2) is 36.4. The molecule has 0 saturated heterocycles. The number of amides is 1. The third-order valence-corrected chi connectivity index (χ3v) is 17.5. The molecule has 12 aromatic rings. The molecule has 10 N–H and O–H groups in total. The molecule has 1 amide bonds. The number of nitrogens with two attached hydrogens (primary N) is 2. The molecule has 3 aliphatic carbocycles. The number of aliphatic imine (C=N–C) groups is 1. The third kappa shape index (κ3) is 21.3. The van der Waals surface area contributed by atoms with Gasteiger partial charge in [-0.25, -0.2) is 28.5 Å². The lowest BCUT2D eigenvalue weighted by Crippen LogP contribution is -2.25. The Morgan fingerprint density at radius 2 is 1.00 bits per heavy atom. The topological polar surface area (TPSA) is 320 Å². The highest BCUT2D eigenvalue weighted by molar-refractivity contribution is 6.08. The number of aryl methyl sites for hydroxylation is 3. The Labute approximate surface area is 621 Å². The number of rotatable bonds is 20. The summed E-state index contributed by atoms with van der Waals surface area (Å²) in [6, 6.07) is 62.6. The maximum absolute atomic E-state index is 13.0. The minimum atomic E-state index is -1.05. The van der Waals surface area contributed by atoms with Crippen LogP contribution in [0, 0.1) is 63.0 Å². The summed E-state index contributed by atoms with van der Waals surface area (Å²) in [5.74, 6) is 1.73. The van der Waals surface area contributed by atoms with Crippen LogP contribution >= 0.6 is 0 Å². The van der Waals surface area contributed by atoms with Gasteiger partial charge in [0.2, 0.25) is 0 Å². The second-order valence-electron chi connectivity index (χ2n) is 26.2. The molecule has 0 spiro atoms. The second-order valence-corrected chi connectivity index (χ2v) is 26.2. The average Bonchev–Trinajstić information content (AvgIpc) is 1.70. The van der Waals surface area contributed by atoms with Crippen LogP contribution in [0.25, 0.3) is 26.8 Å². The largest absolute Gasteiger partial charge is 0.477 e. The first-order chi connectivity index (χ1) is 52.0. The minimum Gasteiger partial charge on any atom is -0.477 e. The summed E-state index contributed by atoms with van der Waals surface area (Å²) in [4.78, 5) is 48.5. The van der Waals surface area contributed by atoms with Crippen LogP contribution in [0.4, 0.5) is 28.4 Å². The molecule has 107 heavy (non-hydrogen) atoms. The lowest BCUT2D eigenvalue weighted by molar-refractivity contribution is 0.0686. The van der Waals surface area contributed by atoms with E-state index in [0.717, 1.165) is 76.8 Å². The number of nitrogen functional groups attached to an aromatic ring is 1. The molecule has 3 fully saturated rings. The standard InChI is InChI=1S/C32H33N7.C24H19N5O2.C12H9N3O2.C12H12N2O.C4H9N/c1-22-16-30(39(38-22)29-10-4-8-27(18-29)33-2)32(36-20-24-13-14-24)37-28-9-3-6-25(17-28)31(35-19-23-11-12-23)26-7-5-15-34-21-26;1-16-12-22(29(28-16)21-10-4-8-19(14-21)25-2)24(31)27-20-9-3-6-17(13-20)23(30)18-7-5-11-26-15-18;1-8-5-11(12(16)17)15(14-8)10-4-2-3-9(6-10)7-13;13-11-5-1-3-9(7-11)12(15)10-4-2-6-14-8-10;5-3-4-1-2-4/h3-10,15-18,21,23-24,31,35H,11-14,19-20H2,1H3,(H,36,37);3-15,23,30H,1H3,(H,27,31);2-6H,1H3,(H,16,17);1-8,12,15H,13H2;4H,1-3,5H2. The van der Waals surface area contributed by atoms with Crippen molar-refractivity contribution in [2.75, 3.05) is 36.0 Å². The van der Waals surface area contributed by atoms with Gasteiger partial charge in [-0.05, 0) is 228 Å². The van der Waals surface area contributed by atoms with E-state index in [1.165, 1.54) is 59.5 Å². The van der Waals surface area contributed by atoms with Crippen molar-refractivity contribution < 1.29 is 24.9 Å². The number of carbonyl (C=O) groups excluding carboxylic acids is 1. The predicted octanol–water partition coefficient (Wildman–Crippen LogP) is 14.8. The van der Waals surface area contributed by atoms with Crippen LogP contribution in [0.1, 0.15) is 139 Å². The molecule has 0 aliphatic heterocycles. The van der Waals surface area contributed by atoms with Crippen LogP contribution in [-0.2, 0) is 0 Å². The highest BCUT2D eigenvalue weighted by atomic mass is 16.4. The number of pyridine rings is 3. The Bertz CT molecular complexity index is 5160. The number of aromatic nitrogens is 9. The number of nitrogens with one attached hydrogen (secondary N) is 3. The molecule has 3 unspecified atom stereocenters. The monoisotopic (exact) mass is 1420 g/mol. The average molecular weight is 1420 g/mol. The molecule has 23 heteroatoms. The van der Waals surface area contributed by atoms with E-state index in [1.807, 2.05) is 78.6 Å². The maximum atomic E-state index is 13.0. The van der Waals surface area contributed by atoms with Gasteiger partial charge in [-0.15, -0.1) is 0 Å². The molecule has 23 nitrogen and oxygen atoms in total. The first-order valence-corrected chi connectivity index (χ1v) is 35.1. The van der Waals surface area contributed by atoms with Gasteiger partial charge in [0.05, 0.1) is 65.0 Å². The fourth-order valence-electron chi connectivity index (χ4n) is 11.4. The molecule has 6 aromatic heterocycles. The van der Waals surface area contributed by atoms with Crippen LogP contribution in [0.2, 0.25) is 0 Å². The summed E-state index contributed by atoms with van der Waals surface area (Å²) in [5.41, 5.74) is 25.3. The van der Waals surface area contributed by atoms with Crippen molar-refractivity contribution in [3.8, 4) is 23.1 Å². The number of carbonyl (C=O) groups is 2. The zero-order valence-corrected chi connectivity index (χ0v) is 59.5. The third-order valence-electron chi connectivity index (χ3n) is 17.5. The van der Waals surface area contributed by atoms with Crippen molar-refractivity contribution in [2.24, 2.45) is 28.5 Å². The van der Waals surface area contributed by atoms with Crippen LogP contribution in [0.15, 0.2) is 242 Å². The summed E-state index contributed by atoms with van der Waals surface area (Å²) >= 11 is 0. The van der Waals surface area contributed by atoms with E-state index in [2.05, 4.69) is 87.2 Å². The molecule has 3 aliphatic rings. The number of aromatic carboxylic acids is 1. The maximum Gasteiger partial charge on any atom is 0.354 e. The van der Waals surface area contributed by atoms with Crippen molar-refractivity contribution in [1.29, 1.82) is 5.26 Å². The Kier molecular flexibility index (Phi) is 25.5. The summed E-state index contributed by atoms with van der Waals surface area (Å²) in [7, 11) is 0. The fraction of sp³-hybridized carbons (Fsp3) is 0.214. The van der Waals surface area contributed by atoms with E-state index in [0.29, 0.717) is 73.8 Å². The Morgan fingerprint density at radius 1 is 0.542 bits per heavy atom. The SMILES string of the molecule is Cc1cc(C(=O)O)n(-c2cccc(C#N)c2)n1.NCC1CC1.Nc1cccc(C(O)c2cccnc2)c1.[C-]#[N+]c1cccc(-n2nc(C)cc2C(=NCC2CC2)Nc2cccc(C(NCC3CC3)c3cccnc3)c2)c1.[C-]#[N+]c1cccc(-n2nc(C)cc2C(=O)Nc2cccc(C(O)c3cccnc3)c2)c1.